The van der Waals surface area contributed by atoms with Crippen molar-refractivity contribution in [2.45, 2.75) is 191 Å². The summed E-state index contributed by atoms with van der Waals surface area (Å²) in [4.78, 5) is 0. The van der Waals surface area contributed by atoms with E-state index in [4.69, 9.17) is 32.7 Å². The van der Waals surface area contributed by atoms with Crippen molar-refractivity contribution < 1.29 is 9.47 Å². The van der Waals surface area contributed by atoms with Crippen LogP contribution < -0.4 is 0 Å². The molecule has 42 heavy (non-hydrogen) atoms. The zero-order chi connectivity index (χ0) is 29.5. The van der Waals surface area contributed by atoms with E-state index in [1.165, 1.54) is 161 Å². The molecule has 0 atom stereocenters. The van der Waals surface area contributed by atoms with Crippen LogP contribution in [0.3, 0.4) is 0 Å². The van der Waals surface area contributed by atoms with Gasteiger partial charge in [-0.2, -0.15) is 0 Å². The molecule has 0 N–H and O–H groups in total. The molecule has 0 aromatic heterocycles. The molecular formula is C38H66Cl2O2. The molecule has 0 amide bonds. The second-order valence-corrected chi connectivity index (χ2v) is 17.3. The van der Waals surface area contributed by atoms with E-state index >= 15 is 0 Å². The third-order valence-electron chi connectivity index (χ3n) is 13.5. The van der Waals surface area contributed by atoms with E-state index < -0.39 is 4.33 Å². The number of alkyl halides is 2. The Balaban J connectivity index is 0.990. The molecule has 2 spiro atoms. The van der Waals surface area contributed by atoms with Crippen molar-refractivity contribution in [2.75, 3.05) is 13.2 Å². The maximum Gasteiger partial charge on any atom is 0.129 e. The van der Waals surface area contributed by atoms with Crippen LogP contribution in [0.5, 0.6) is 0 Å². The predicted octanol–water partition coefficient (Wildman–Crippen LogP) is 12.2. The van der Waals surface area contributed by atoms with E-state index in [9.17, 15) is 0 Å². The van der Waals surface area contributed by atoms with Crippen molar-refractivity contribution >= 4 is 23.2 Å². The smallest absolute Gasteiger partial charge is 0.129 e. The first-order chi connectivity index (χ1) is 20.4. The Morgan fingerprint density at radius 1 is 0.476 bits per heavy atom. The van der Waals surface area contributed by atoms with Crippen LogP contribution in [-0.2, 0) is 9.47 Å². The Bertz CT molecular complexity index is 704. The summed E-state index contributed by atoms with van der Waals surface area (Å²) in [5, 5.41) is 0. The number of ether oxygens (including phenoxy) is 2. The van der Waals surface area contributed by atoms with Crippen LogP contribution in [0, 0.1) is 34.5 Å². The monoisotopic (exact) mass is 624 g/mol. The lowest BCUT2D eigenvalue weighted by Crippen LogP contribution is -2.66. The van der Waals surface area contributed by atoms with Gasteiger partial charge in [0, 0.05) is 24.0 Å². The van der Waals surface area contributed by atoms with E-state index in [-0.39, 0.29) is 10.8 Å². The average Bonchev–Trinajstić information content (AvgIpc) is 3.02. The molecule has 0 heterocycles. The molecule has 0 radical (unpaired) electrons. The first-order valence-corrected chi connectivity index (χ1v) is 19.8. The zero-order valence-corrected chi connectivity index (χ0v) is 29.1. The van der Waals surface area contributed by atoms with Gasteiger partial charge in [0.05, 0.1) is 12.2 Å². The van der Waals surface area contributed by atoms with Gasteiger partial charge in [0.1, 0.15) is 4.33 Å². The van der Waals surface area contributed by atoms with Crippen LogP contribution in [-0.4, -0.2) is 29.8 Å². The molecule has 0 aliphatic heterocycles. The molecule has 2 nitrogen and oxygen atoms in total. The van der Waals surface area contributed by atoms with Crippen LogP contribution in [0.4, 0.5) is 0 Å². The summed E-state index contributed by atoms with van der Waals surface area (Å²) < 4.78 is 12.0. The number of unbranched alkanes of at least 4 members (excludes halogenated alkanes) is 6. The lowest BCUT2D eigenvalue weighted by Gasteiger charge is -2.69. The van der Waals surface area contributed by atoms with Gasteiger partial charge in [-0.15, -0.1) is 23.2 Å². The largest absolute Gasteiger partial charge is 0.378 e. The Morgan fingerprint density at radius 3 is 1.17 bits per heavy atom. The van der Waals surface area contributed by atoms with Crippen molar-refractivity contribution in [3.63, 3.8) is 0 Å². The molecule has 4 heteroatoms. The molecule has 5 saturated carbocycles. The normalized spacial score (nSPS) is 40.3. The second kappa shape index (κ2) is 15.9. The molecule has 5 aliphatic rings. The van der Waals surface area contributed by atoms with Gasteiger partial charge in [-0.25, -0.2) is 0 Å². The minimum absolute atomic E-state index is 0.199. The molecule has 244 valence electrons. The first kappa shape index (κ1) is 33.9. The van der Waals surface area contributed by atoms with E-state index in [1.54, 1.807) is 0 Å². The molecule has 5 rings (SSSR count). The van der Waals surface area contributed by atoms with E-state index in [0.717, 1.165) is 36.9 Å². The average molecular weight is 626 g/mol. The maximum absolute atomic E-state index is 7.47. The fourth-order valence-electron chi connectivity index (χ4n) is 10.6. The predicted molar refractivity (Wildman–Crippen MR) is 180 cm³/mol. The van der Waals surface area contributed by atoms with Gasteiger partial charge in [-0.05, 0) is 146 Å². The van der Waals surface area contributed by atoms with Gasteiger partial charge in [-0.3, -0.25) is 0 Å². The summed E-state index contributed by atoms with van der Waals surface area (Å²) in [5.74, 6) is 3.61. The fourth-order valence-corrected chi connectivity index (χ4v) is 11.7. The van der Waals surface area contributed by atoms with Crippen molar-refractivity contribution in [1.82, 2.24) is 0 Å². The molecule has 0 aromatic carbocycles. The molecule has 0 saturated heterocycles. The highest BCUT2D eigenvalue weighted by molar-refractivity contribution is 6.50. The van der Waals surface area contributed by atoms with Gasteiger partial charge in [0.2, 0.25) is 0 Å². The lowest BCUT2D eigenvalue weighted by atomic mass is 9.42. The van der Waals surface area contributed by atoms with E-state index in [0.29, 0.717) is 12.2 Å². The van der Waals surface area contributed by atoms with Gasteiger partial charge in [-0.1, -0.05) is 52.4 Å². The van der Waals surface area contributed by atoms with Crippen molar-refractivity contribution in [3.8, 4) is 0 Å². The number of halogens is 2. The SMILES string of the molecule is CCCCCCO[C@H]1CC[C@H](C2CCC3(CC2)CC2(CCC([C@H]4CC[C@H](OCCCCCC)CC4)CC2)C3(Cl)Cl)CC1. The fraction of sp³-hybridized carbons (Fsp3) is 1.00. The third kappa shape index (κ3) is 7.72. The van der Waals surface area contributed by atoms with Gasteiger partial charge < -0.3 is 9.47 Å². The molecule has 0 bridgehead atoms. The Morgan fingerprint density at radius 2 is 0.833 bits per heavy atom. The topological polar surface area (TPSA) is 18.5 Å². The number of hydrogen-bond donors (Lipinski definition) is 0. The summed E-state index contributed by atoms with van der Waals surface area (Å²) in [6.07, 6.45) is 34.0. The zero-order valence-electron chi connectivity index (χ0n) is 27.6. The van der Waals surface area contributed by atoms with E-state index in [1.807, 2.05) is 0 Å². The minimum Gasteiger partial charge on any atom is -0.378 e. The summed E-state index contributed by atoms with van der Waals surface area (Å²) in [6.45, 7) is 6.52. The molecule has 0 aromatic rings. The highest BCUT2D eigenvalue weighted by Crippen LogP contribution is 2.77. The quantitative estimate of drug-likeness (QED) is 0.141. The molecule has 5 fully saturated rings. The molecule has 0 unspecified atom stereocenters. The standard InChI is InChI=1S/C38H66Cl2O2/c1-3-5-7-9-27-41-34-15-11-30(12-16-34)32-19-23-36(24-20-32)29-37(38(36,39)40)25-21-33(22-26-37)31-13-17-35(18-14-31)42-28-10-8-6-4-2/h30-35H,3-29H2,1-2H3/t30-,31-,32?,33?,34-,35-,36?,37?. The maximum atomic E-state index is 7.47. The Hall–Kier alpha value is 0.500. The summed E-state index contributed by atoms with van der Waals surface area (Å²) in [7, 11) is 0. The summed E-state index contributed by atoms with van der Waals surface area (Å²) in [6, 6.07) is 0. The van der Waals surface area contributed by atoms with Gasteiger partial charge in [0.25, 0.3) is 0 Å². The van der Waals surface area contributed by atoms with Crippen molar-refractivity contribution in [1.29, 1.82) is 0 Å². The Kier molecular flexibility index (Phi) is 12.8. The summed E-state index contributed by atoms with van der Waals surface area (Å²) >= 11 is 14.9. The minimum atomic E-state index is -0.498. The molecule has 5 aliphatic carbocycles. The van der Waals surface area contributed by atoms with Crippen LogP contribution in [0.15, 0.2) is 0 Å². The van der Waals surface area contributed by atoms with Crippen LogP contribution in [0.2, 0.25) is 0 Å². The van der Waals surface area contributed by atoms with E-state index in [2.05, 4.69) is 13.8 Å². The Labute approximate surface area is 270 Å². The van der Waals surface area contributed by atoms with Gasteiger partial charge in [0.15, 0.2) is 0 Å². The van der Waals surface area contributed by atoms with Crippen molar-refractivity contribution in [3.05, 3.63) is 0 Å². The highest BCUT2D eigenvalue weighted by Gasteiger charge is 2.72. The molecular weight excluding hydrogens is 559 g/mol. The highest BCUT2D eigenvalue weighted by atomic mass is 35.5. The lowest BCUT2D eigenvalue weighted by molar-refractivity contribution is -0.123. The first-order valence-electron chi connectivity index (χ1n) is 19.0. The van der Waals surface area contributed by atoms with Crippen LogP contribution >= 0.6 is 23.2 Å². The van der Waals surface area contributed by atoms with Crippen LogP contribution in [0.1, 0.15) is 174 Å². The number of hydrogen-bond acceptors (Lipinski definition) is 2. The second-order valence-electron chi connectivity index (χ2n) is 15.9. The number of rotatable bonds is 14. The van der Waals surface area contributed by atoms with Gasteiger partial charge >= 0.3 is 0 Å². The summed E-state index contributed by atoms with van der Waals surface area (Å²) in [5.41, 5.74) is 0.398. The third-order valence-corrected chi connectivity index (χ3v) is 15.1. The van der Waals surface area contributed by atoms with Crippen molar-refractivity contribution in [2.24, 2.45) is 34.5 Å². The van der Waals surface area contributed by atoms with Crippen LogP contribution in [0.25, 0.3) is 0 Å².